The number of anilines is 1. The minimum atomic E-state index is -0.587. The highest BCUT2D eigenvalue weighted by Crippen LogP contribution is 2.24. The van der Waals surface area contributed by atoms with Crippen molar-refractivity contribution >= 4 is 11.8 Å². The number of rotatable bonds is 5. The monoisotopic (exact) mass is 324 g/mol. The Morgan fingerprint density at radius 2 is 2.04 bits per heavy atom. The van der Waals surface area contributed by atoms with Crippen LogP contribution in [0, 0.1) is 0 Å². The third-order valence-corrected chi connectivity index (χ3v) is 3.29. The normalized spacial score (nSPS) is 10.3. The Morgan fingerprint density at radius 1 is 1.21 bits per heavy atom. The summed E-state index contributed by atoms with van der Waals surface area (Å²) in [5, 5.41) is 6.38. The number of pyridine rings is 1. The largest absolute Gasteiger partial charge is 0.414 e. The summed E-state index contributed by atoms with van der Waals surface area (Å²) in [7, 11) is 0. The molecule has 0 unspecified atom stereocenters. The van der Waals surface area contributed by atoms with Gasteiger partial charge in [0.2, 0.25) is 0 Å². The van der Waals surface area contributed by atoms with E-state index in [9.17, 15) is 4.79 Å². The van der Waals surface area contributed by atoms with Crippen molar-refractivity contribution in [2.45, 2.75) is 6.42 Å². The van der Waals surface area contributed by atoms with E-state index < -0.39 is 6.09 Å². The zero-order valence-electron chi connectivity index (χ0n) is 12.8. The van der Waals surface area contributed by atoms with E-state index in [0.29, 0.717) is 24.4 Å². The Labute approximate surface area is 138 Å². The van der Waals surface area contributed by atoms with Crippen molar-refractivity contribution in [1.82, 2.24) is 15.5 Å². The van der Waals surface area contributed by atoms with Crippen LogP contribution in [0.15, 0.2) is 59.4 Å². The number of nitrogen functional groups attached to an aromatic ring is 1. The van der Waals surface area contributed by atoms with Crippen LogP contribution in [0.1, 0.15) is 5.56 Å². The Balaban J connectivity index is 1.52. The van der Waals surface area contributed by atoms with E-state index in [1.54, 1.807) is 30.6 Å². The SMILES string of the molecule is Nc1cccc(-c2cc(OC(=O)NCCc3ccncc3)no2)c1. The summed E-state index contributed by atoms with van der Waals surface area (Å²) in [6.45, 7) is 0.447. The van der Waals surface area contributed by atoms with Gasteiger partial charge >= 0.3 is 6.09 Å². The smallest absolute Gasteiger partial charge is 0.399 e. The fraction of sp³-hybridized carbons (Fsp3) is 0.118. The van der Waals surface area contributed by atoms with Crippen molar-refractivity contribution in [1.29, 1.82) is 0 Å². The molecule has 0 aliphatic rings. The van der Waals surface area contributed by atoms with Crippen LogP contribution in [0.3, 0.4) is 0 Å². The maximum Gasteiger partial charge on any atom is 0.414 e. The molecule has 7 heteroatoms. The van der Waals surface area contributed by atoms with Gasteiger partial charge in [0.25, 0.3) is 5.88 Å². The molecule has 0 saturated carbocycles. The van der Waals surface area contributed by atoms with Crippen molar-refractivity contribution in [3.05, 3.63) is 60.4 Å². The van der Waals surface area contributed by atoms with Crippen molar-refractivity contribution in [3.63, 3.8) is 0 Å². The number of nitrogens with one attached hydrogen (secondary N) is 1. The van der Waals surface area contributed by atoms with Crippen molar-refractivity contribution in [2.75, 3.05) is 12.3 Å². The molecule has 0 spiro atoms. The molecule has 2 aromatic heterocycles. The molecule has 0 radical (unpaired) electrons. The fourth-order valence-corrected chi connectivity index (χ4v) is 2.12. The second kappa shape index (κ2) is 7.28. The van der Waals surface area contributed by atoms with Crippen LogP contribution in [0.25, 0.3) is 11.3 Å². The molecule has 3 aromatic rings. The molecule has 1 aromatic carbocycles. The maximum absolute atomic E-state index is 11.8. The predicted molar refractivity (Wildman–Crippen MR) is 88.3 cm³/mol. The van der Waals surface area contributed by atoms with Gasteiger partial charge in [0.05, 0.1) is 6.07 Å². The lowest BCUT2D eigenvalue weighted by Crippen LogP contribution is -2.28. The molecule has 2 heterocycles. The van der Waals surface area contributed by atoms with Crippen LogP contribution >= 0.6 is 0 Å². The first-order valence-corrected chi connectivity index (χ1v) is 7.38. The minimum Gasteiger partial charge on any atom is -0.399 e. The molecule has 0 fully saturated rings. The van der Waals surface area contributed by atoms with Crippen LogP contribution < -0.4 is 15.8 Å². The number of carbonyl (C=O) groups excluding carboxylic acids is 1. The lowest BCUT2D eigenvalue weighted by atomic mass is 10.1. The van der Waals surface area contributed by atoms with Crippen LogP contribution in [-0.4, -0.2) is 22.8 Å². The second-order valence-corrected chi connectivity index (χ2v) is 5.08. The van der Waals surface area contributed by atoms with Crippen molar-refractivity contribution in [3.8, 4) is 17.2 Å². The van der Waals surface area contributed by atoms with Crippen LogP contribution in [0.4, 0.5) is 10.5 Å². The molecular weight excluding hydrogens is 308 g/mol. The molecule has 0 atom stereocenters. The Hall–Kier alpha value is -3.35. The average Bonchev–Trinajstić information content (AvgIpc) is 3.04. The molecule has 0 saturated heterocycles. The van der Waals surface area contributed by atoms with Gasteiger partial charge in [-0.25, -0.2) is 4.79 Å². The molecule has 3 rings (SSSR count). The summed E-state index contributed by atoms with van der Waals surface area (Å²) in [4.78, 5) is 15.7. The fourth-order valence-electron chi connectivity index (χ4n) is 2.12. The molecule has 0 bridgehead atoms. The lowest BCUT2D eigenvalue weighted by Gasteiger charge is -2.03. The number of aromatic nitrogens is 2. The van der Waals surface area contributed by atoms with Crippen LogP contribution in [0.5, 0.6) is 5.88 Å². The molecule has 1 amide bonds. The molecule has 3 N–H and O–H groups in total. The lowest BCUT2D eigenvalue weighted by molar-refractivity contribution is 0.196. The summed E-state index contributed by atoms with van der Waals surface area (Å²) in [6.07, 6.45) is 3.52. The number of carbonyl (C=O) groups is 1. The third kappa shape index (κ3) is 4.10. The van der Waals surface area contributed by atoms with Gasteiger partial charge in [-0.15, -0.1) is 0 Å². The predicted octanol–water partition coefficient (Wildman–Crippen LogP) is 2.65. The minimum absolute atomic E-state index is 0.0915. The number of benzene rings is 1. The second-order valence-electron chi connectivity index (χ2n) is 5.08. The van der Waals surface area contributed by atoms with E-state index in [1.165, 1.54) is 6.07 Å². The van der Waals surface area contributed by atoms with Gasteiger partial charge in [0, 0.05) is 30.2 Å². The number of hydrogen-bond donors (Lipinski definition) is 2. The number of amides is 1. The van der Waals surface area contributed by atoms with Crippen LogP contribution in [0.2, 0.25) is 0 Å². The van der Waals surface area contributed by atoms with E-state index in [2.05, 4.69) is 15.5 Å². The molecule has 7 nitrogen and oxygen atoms in total. The molecular formula is C17H16N4O3. The molecule has 24 heavy (non-hydrogen) atoms. The summed E-state index contributed by atoms with van der Waals surface area (Å²) in [6, 6.07) is 12.5. The zero-order chi connectivity index (χ0) is 16.8. The first-order chi connectivity index (χ1) is 11.7. The average molecular weight is 324 g/mol. The van der Waals surface area contributed by atoms with Gasteiger partial charge in [-0.05, 0) is 41.4 Å². The van der Waals surface area contributed by atoms with Gasteiger partial charge in [-0.3, -0.25) is 4.98 Å². The van der Waals surface area contributed by atoms with Crippen molar-refractivity contribution < 1.29 is 14.1 Å². The van der Waals surface area contributed by atoms with Gasteiger partial charge in [-0.2, -0.15) is 0 Å². The van der Waals surface area contributed by atoms with E-state index in [1.807, 2.05) is 18.2 Å². The van der Waals surface area contributed by atoms with Gasteiger partial charge < -0.3 is 20.3 Å². The van der Waals surface area contributed by atoms with E-state index in [0.717, 1.165) is 11.1 Å². The van der Waals surface area contributed by atoms with E-state index >= 15 is 0 Å². The Bertz CT molecular complexity index is 817. The number of ether oxygens (including phenoxy) is 1. The molecule has 0 aliphatic heterocycles. The third-order valence-electron chi connectivity index (χ3n) is 3.29. The topological polar surface area (TPSA) is 103 Å². The summed E-state index contributed by atoms with van der Waals surface area (Å²) >= 11 is 0. The Kier molecular flexibility index (Phi) is 4.71. The van der Waals surface area contributed by atoms with Crippen LogP contribution in [-0.2, 0) is 6.42 Å². The first kappa shape index (κ1) is 15.5. The molecule has 0 aliphatic carbocycles. The standard InChI is InChI=1S/C17H16N4O3/c18-14-3-1-2-13(10-14)15-11-16(21-24-15)23-17(22)20-9-6-12-4-7-19-8-5-12/h1-5,7-8,10-11H,6,9,18H2,(H,20,22). The summed E-state index contributed by atoms with van der Waals surface area (Å²) in [5.74, 6) is 0.565. The van der Waals surface area contributed by atoms with E-state index in [4.69, 9.17) is 15.0 Å². The number of nitrogens with zero attached hydrogens (tertiary/aromatic N) is 2. The highest BCUT2D eigenvalue weighted by Gasteiger charge is 2.11. The highest BCUT2D eigenvalue weighted by molar-refractivity contribution is 5.70. The van der Waals surface area contributed by atoms with Crippen molar-refractivity contribution in [2.24, 2.45) is 0 Å². The van der Waals surface area contributed by atoms with Gasteiger partial charge in [0.15, 0.2) is 5.76 Å². The summed E-state index contributed by atoms with van der Waals surface area (Å²) in [5.41, 5.74) is 8.18. The maximum atomic E-state index is 11.8. The Morgan fingerprint density at radius 3 is 2.83 bits per heavy atom. The highest BCUT2D eigenvalue weighted by atomic mass is 16.6. The number of hydrogen-bond acceptors (Lipinski definition) is 6. The zero-order valence-corrected chi connectivity index (χ0v) is 12.8. The molecule has 122 valence electrons. The quantitative estimate of drug-likeness (QED) is 0.699. The first-order valence-electron chi connectivity index (χ1n) is 7.38. The van der Waals surface area contributed by atoms with E-state index in [-0.39, 0.29) is 5.88 Å². The van der Waals surface area contributed by atoms with Gasteiger partial charge in [-0.1, -0.05) is 12.1 Å². The number of nitrogens with two attached hydrogens (primary N) is 1. The summed E-state index contributed by atoms with van der Waals surface area (Å²) < 4.78 is 10.2. The van der Waals surface area contributed by atoms with Gasteiger partial charge in [0.1, 0.15) is 0 Å².